The molecule has 3 nitrogen and oxygen atoms in total. The molecule has 22 heavy (non-hydrogen) atoms. The van der Waals surface area contributed by atoms with Gasteiger partial charge in [-0.25, -0.2) is 8.60 Å². The van der Waals surface area contributed by atoms with Gasteiger partial charge in [-0.15, -0.1) is 0 Å². The Labute approximate surface area is 135 Å². The van der Waals surface area contributed by atoms with Crippen molar-refractivity contribution in [2.24, 2.45) is 11.1 Å². The van der Waals surface area contributed by atoms with Gasteiger partial charge in [0.15, 0.2) is 11.6 Å². The minimum absolute atomic E-state index is 0.133. The molecule has 2 atom stereocenters. The number of nitrogens with two attached hydrogens (primary N) is 1. The molecule has 0 aliphatic heterocycles. The summed E-state index contributed by atoms with van der Waals surface area (Å²) in [5.74, 6) is 0.893. The SMILES string of the molecule is C[C@@H](CC(C)(C)S(N)=O)c1ccc(F)c(OCCC2CC2)c1. The van der Waals surface area contributed by atoms with Gasteiger partial charge in [0.05, 0.1) is 22.3 Å². The fraction of sp³-hybridized carbons (Fsp3) is 0.647. The van der Waals surface area contributed by atoms with Gasteiger partial charge in [0.25, 0.3) is 0 Å². The lowest BCUT2D eigenvalue weighted by Crippen LogP contribution is -2.33. The lowest BCUT2D eigenvalue weighted by Gasteiger charge is -2.25. The van der Waals surface area contributed by atoms with Gasteiger partial charge in [-0.1, -0.05) is 25.8 Å². The first-order valence-corrected chi connectivity index (χ1v) is 9.09. The van der Waals surface area contributed by atoms with Crippen molar-refractivity contribution in [1.82, 2.24) is 0 Å². The van der Waals surface area contributed by atoms with Crippen LogP contribution in [0.4, 0.5) is 4.39 Å². The zero-order valence-corrected chi connectivity index (χ0v) is 14.4. The Morgan fingerprint density at radius 2 is 2.14 bits per heavy atom. The normalized spacial score (nSPS) is 18.0. The molecule has 0 radical (unpaired) electrons. The van der Waals surface area contributed by atoms with Crippen LogP contribution < -0.4 is 9.88 Å². The summed E-state index contributed by atoms with van der Waals surface area (Å²) in [7, 11) is -1.39. The highest BCUT2D eigenvalue weighted by Gasteiger charge is 2.27. The quantitative estimate of drug-likeness (QED) is 0.787. The monoisotopic (exact) mass is 327 g/mol. The van der Waals surface area contributed by atoms with Crippen LogP contribution in [0.5, 0.6) is 5.75 Å². The molecule has 0 heterocycles. The van der Waals surface area contributed by atoms with E-state index in [-0.39, 0.29) is 11.7 Å². The van der Waals surface area contributed by atoms with E-state index in [0.29, 0.717) is 18.8 Å². The third-order valence-corrected chi connectivity index (χ3v) is 5.60. The molecule has 0 saturated heterocycles. The average Bonchev–Trinajstić information content (AvgIpc) is 3.24. The van der Waals surface area contributed by atoms with Gasteiger partial charge >= 0.3 is 0 Å². The summed E-state index contributed by atoms with van der Waals surface area (Å²) >= 11 is 0. The van der Waals surface area contributed by atoms with Crippen LogP contribution in [-0.2, 0) is 11.0 Å². The van der Waals surface area contributed by atoms with Gasteiger partial charge in [0, 0.05) is 0 Å². The van der Waals surface area contributed by atoms with Crippen LogP contribution in [0.25, 0.3) is 0 Å². The van der Waals surface area contributed by atoms with E-state index in [2.05, 4.69) is 0 Å². The topological polar surface area (TPSA) is 52.3 Å². The minimum Gasteiger partial charge on any atom is -0.490 e. The van der Waals surface area contributed by atoms with E-state index in [1.807, 2.05) is 20.8 Å². The van der Waals surface area contributed by atoms with Crippen LogP contribution in [0.1, 0.15) is 57.9 Å². The molecular formula is C17H26FNO2S. The summed E-state index contributed by atoms with van der Waals surface area (Å²) in [6.45, 7) is 6.37. The van der Waals surface area contributed by atoms with Crippen molar-refractivity contribution in [3.8, 4) is 5.75 Å². The first-order chi connectivity index (χ1) is 10.3. The molecule has 1 aromatic carbocycles. The Balaban J connectivity index is 2.01. The van der Waals surface area contributed by atoms with E-state index >= 15 is 0 Å². The number of hydrogen-bond acceptors (Lipinski definition) is 2. The fourth-order valence-electron chi connectivity index (χ4n) is 2.62. The zero-order chi connectivity index (χ0) is 16.3. The maximum atomic E-state index is 13.8. The molecule has 1 saturated carbocycles. The van der Waals surface area contributed by atoms with Crippen molar-refractivity contribution >= 4 is 11.0 Å². The van der Waals surface area contributed by atoms with E-state index < -0.39 is 15.7 Å². The van der Waals surface area contributed by atoms with Crippen molar-refractivity contribution in [1.29, 1.82) is 0 Å². The molecule has 1 aliphatic rings. The Morgan fingerprint density at radius 3 is 2.73 bits per heavy atom. The molecule has 1 aliphatic carbocycles. The number of hydrogen-bond donors (Lipinski definition) is 1. The number of benzene rings is 1. The average molecular weight is 327 g/mol. The third kappa shape index (κ3) is 4.78. The van der Waals surface area contributed by atoms with Crippen molar-refractivity contribution in [3.63, 3.8) is 0 Å². The van der Waals surface area contributed by atoms with E-state index in [4.69, 9.17) is 9.88 Å². The maximum absolute atomic E-state index is 13.8. The highest BCUT2D eigenvalue weighted by molar-refractivity contribution is 7.84. The van der Waals surface area contributed by atoms with Crippen LogP contribution in [0, 0.1) is 11.7 Å². The zero-order valence-electron chi connectivity index (χ0n) is 13.6. The molecule has 1 aromatic rings. The summed E-state index contributed by atoms with van der Waals surface area (Å²) in [5, 5.41) is 5.54. The summed E-state index contributed by atoms with van der Waals surface area (Å²) in [6.07, 6.45) is 4.21. The second-order valence-corrected chi connectivity index (χ2v) is 8.63. The number of rotatable bonds is 8. The smallest absolute Gasteiger partial charge is 0.165 e. The Morgan fingerprint density at radius 1 is 1.45 bits per heavy atom. The molecule has 1 unspecified atom stereocenters. The number of halogens is 1. The summed E-state index contributed by atoms with van der Waals surface area (Å²) in [5.41, 5.74) is 0.987. The highest BCUT2D eigenvalue weighted by Crippen LogP contribution is 2.33. The minimum atomic E-state index is -1.39. The van der Waals surface area contributed by atoms with Crippen molar-refractivity contribution < 1.29 is 13.3 Å². The summed E-state index contributed by atoms with van der Waals surface area (Å²) < 4.78 is 30.5. The Hall–Kier alpha value is -0.940. The fourth-order valence-corrected chi connectivity index (χ4v) is 3.03. The van der Waals surface area contributed by atoms with Gasteiger partial charge in [-0.3, -0.25) is 5.14 Å². The van der Waals surface area contributed by atoms with E-state index in [0.717, 1.165) is 17.9 Å². The highest BCUT2D eigenvalue weighted by atomic mass is 32.2. The van der Waals surface area contributed by atoms with Crippen molar-refractivity contribution in [2.45, 2.75) is 57.1 Å². The molecule has 0 aromatic heterocycles. The predicted octanol–water partition coefficient (Wildman–Crippen LogP) is 3.90. The van der Waals surface area contributed by atoms with Crippen LogP contribution in [0.15, 0.2) is 18.2 Å². The van der Waals surface area contributed by atoms with Gasteiger partial charge in [-0.2, -0.15) is 0 Å². The molecule has 5 heteroatoms. The van der Waals surface area contributed by atoms with E-state index in [1.165, 1.54) is 18.9 Å². The summed E-state index contributed by atoms with van der Waals surface area (Å²) in [4.78, 5) is 0. The van der Waals surface area contributed by atoms with E-state index in [1.54, 1.807) is 12.1 Å². The van der Waals surface area contributed by atoms with Gasteiger partial charge in [0.1, 0.15) is 0 Å². The van der Waals surface area contributed by atoms with Crippen LogP contribution in [0.2, 0.25) is 0 Å². The lowest BCUT2D eigenvalue weighted by molar-refractivity contribution is 0.287. The van der Waals surface area contributed by atoms with Gasteiger partial charge in [0.2, 0.25) is 0 Å². The van der Waals surface area contributed by atoms with Gasteiger partial charge < -0.3 is 4.74 Å². The molecule has 1 fully saturated rings. The Kier molecular flexibility index (Phi) is 5.61. The third-order valence-electron chi connectivity index (χ3n) is 4.35. The first-order valence-electron chi connectivity index (χ1n) is 7.88. The molecule has 0 spiro atoms. The second-order valence-electron chi connectivity index (χ2n) is 6.93. The molecule has 124 valence electrons. The molecular weight excluding hydrogens is 301 g/mol. The molecule has 0 amide bonds. The second kappa shape index (κ2) is 7.09. The number of ether oxygens (including phenoxy) is 1. The summed E-state index contributed by atoms with van der Waals surface area (Å²) in [6, 6.07) is 4.98. The molecule has 2 rings (SSSR count). The van der Waals surface area contributed by atoms with Crippen molar-refractivity contribution in [3.05, 3.63) is 29.6 Å². The molecule has 2 N–H and O–H groups in total. The van der Waals surface area contributed by atoms with Crippen LogP contribution in [0.3, 0.4) is 0 Å². The first kappa shape index (κ1) is 17.4. The molecule has 0 bridgehead atoms. The predicted molar refractivity (Wildman–Crippen MR) is 88.7 cm³/mol. The van der Waals surface area contributed by atoms with Crippen LogP contribution >= 0.6 is 0 Å². The van der Waals surface area contributed by atoms with E-state index in [9.17, 15) is 8.60 Å². The van der Waals surface area contributed by atoms with Gasteiger partial charge in [-0.05, 0) is 56.2 Å². The lowest BCUT2D eigenvalue weighted by atomic mass is 9.91. The van der Waals surface area contributed by atoms with Crippen molar-refractivity contribution in [2.75, 3.05) is 6.61 Å². The standard InChI is InChI=1S/C17H26FNO2S/c1-12(11-17(2,3)22(19)20)14-6-7-15(18)16(10-14)21-9-8-13-4-5-13/h6-7,10,12-13H,4-5,8-9,11,19H2,1-3H3/t12-,22?/m0/s1. The maximum Gasteiger partial charge on any atom is 0.165 e. The van der Waals surface area contributed by atoms with Crippen LogP contribution in [-0.4, -0.2) is 15.6 Å². The largest absolute Gasteiger partial charge is 0.490 e. The Bertz CT molecular complexity index is 543.